The minimum atomic E-state index is 0.0573. The molecule has 0 radical (unpaired) electrons. The molecule has 1 aromatic carbocycles. The Morgan fingerprint density at radius 3 is 2.70 bits per heavy atom. The maximum atomic E-state index is 12.9. The van der Waals surface area contributed by atoms with Gasteiger partial charge in [0.2, 0.25) is 0 Å². The second kappa shape index (κ2) is 7.35. The first kappa shape index (κ1) is 17.5. The van der Waals surface area contributed by atoms with Gasteiger partial charge in [-0.15, -0.1) is 0 Å². The van der Waals surface area contributed by atoms with E-state index in [9.17, 15) is 4.79 Å². The Kier molecular flexibility index (Phi) is 4.75. The van der Waals surface area contributed by atoms with Crippen LogP contribution in [0.25, 0.3) is 11.1 Å². The van der Waals surface area contributed by atoms with E-state index >= 15 is 0 Å². The molecule has 1 saturated heterocycles. The fourth-order valence-corrected chi connectivity index (χ4v) is 3.84. The molecule has 5 heteroatoms. The topological polar surface area (TPSA) is 61.9 Å². The number of carbonyl (C=O) groups is 1. The van der Waals surface area contributed by atoms with Crippen molar-refractivity contribution in [2.45, 2.75) is 32.6 Å². The van der Waals surface area contributed by atoms with E-state index in [0.29, 0.717) is 12.1 Å². The Morgan fingerprint density at radius 1 is 1.15 bits per heavy atom. The normalized spacial score (nSPS) is 17.1. The van der Waals surface area contributed by atoms with Crippen LogP contribution in [-0.4, -0.2) is 39.1 Å². The molecule has 1 aliphatic rings. The molecule has 1 fully saturated rings. The van der Waals surface area contributed by atoms with Crippen molar-refractivity contribution in [1.82, 2.24) is 20.1 Å². The molecule has 0 unspecified atom stereocenters. The van der Waals surface area contributed by atoms with Crippen LogP contribution in [0.4, 0.5) is 0 Å². The lowest BCUT2D eigenvalue weighted by Gasteiger charge is -2.32. The summed E-state index contributed by atoms with van der Waals surface area (Å²) in [5, 5.41) is 6.84. The van der Waals surface area contributed by atoms with Gasteiger partial charge in [0.05, 0.1) is 11.8 Å². The molecular weight excluding hydrogens is 336 g/mol. The van der Waals surface area contributed by atoms with E-state index in [4.69, 9.17) is 4.98 Å². The van der Waals surface area contributed by atoms with Crippen molar-refractivity contribution in [1.29, 1.82) is 0 Å². The van der Waals surface area contributed by atoms with Crippen LogP contribution in [-0.2, 0) is 0 Å². The van der Waals surface area contributed by atoms with Crippen LogP contribution < -0.4 is 0 Å². The number of pyridine rings is 1. The molecule has 138 valence electrons. The van der Waals surface area contributed by atoms with Crippen LogP contribution in [0.5, 0.6) is 0 Å². The zero-order chi connectivity index (χ0) is 18.8. The summed E-state index contributed by atoms with van der Waals surface area (Å²) < 4.78 is 0. The highest BCUT2D eigenvalue weighted by atomic mass is 16.2. The Balaban J connectivity index is 1.59. The minimum Gasteiger partial charge on any atom is -0.338 e. The minimum absolute atomic E-state index is 0.0573. The maximum absolute atomic E-state index is 12.9. The summed E-state index contributed by atoms with van der Waals surface area (Å²) in [7, 11) is 0. The first-order valence-electron chi connectivity index (χ1n) is 9.45. The number of benzene rings is 1. The molecule has 1 atom stereocenters. The molecule has 1 aliphatic heterocycles. The highest BCUT2D eigenvalue weighted by Crippen LogP contribution is 2.30. The summed E-state index contributed by atoms with van der Waals surface area (Å²) in [6.45, 7) is 5.41. The van der Waals surface area contributed by atoms with Gasteiger partial charge >= 0.3 is 0 Å². The van der Waals surface area contributed by atoms with Gasteiger partial charge in [-0.1, -0.05) is 30.3 Å². The average Bonchev–Trinajstić information content (AvgIpc) is 3.13. The quantitative estimate of drug-likeness (QED) is 0.765. The summed E-state index contributed by atoms with van der Waals surface area (Å²) in [6, 6.07) is 14.7. The summed E-state index contributed by atoms with van der Waals surface area (Å²) >= 11 is 0. The van der Waals surface area contributed by atoms with Gasteiger partial charge in [-0.25, -0.2) is 0 Å². The van der Waals surface area contributed by atoms with Gasteiger partial charge in [0.25, 0.3) is 5.91 Å². The van der Waals surface area contributed by atoms with Crippen LogP contribution in [0.1, 0.15) is 46.2 Å². The van der Waals surface area contributed by atoms with Gasteiger partial charge < -0.3 is 4.90 Å². The highest BCUT2D eigenvalue weighted by Gasteiger charge is 2.28. The van der Waals surface area contributed by atoms with E-state index in [-0.39, 0.29) is 11.8 Å². The number of aromatic nitrogens is 3. The molecule has 0 bridgehead atoms. The number of H-pyrrole nitrogens is 1. The van der Waals surface area contributed by atoms with E-state index in [1.54, 1.807) is 6.20 Å². The fourth-order valence-electron chi connectivity index (χ4n) is 3.84. The van der Waals surface area contributed by atoms with Crippen LogP contribution in [0.3, 0.4) is 0 Å². The number of nitrogens with zero attached hydrogens (tertiary/aromatic N) is 3. The number of rotatable bonds is 3. The average molecular weight is 360 g/mol. The first-order chi connectivity index (χ1) is 13.1. The number of piperidine rings is 1. The van der Waals surface area contributed by atoms with Crippen molar-refractivity contribution < 1.29 is 4.79 Å². The van der Waals surface area contributed by atoms with Crippen molar-refractivity contribution >= 4 is 5.91 Å². The van der Waals surface area contributed by atoms with Gasteiger partial charge in [0.15, 0.2) is 0 Å². The van der Waals surface area contributed by atoms with E-state index < -0.39 is 0 Å². The number of aromatic amines is 1. The molecule has 2 aromatic heterocycles. The van der Waals surface area contributed by atoms with Gasteiger partial charge in [0, 0.05) is 36.1 Å². The number of amides is 1. The van der Waals surface area contributed by atoms with Crippen molar-refractivity contribution in [2.75, 3.05) is 13.1 Å². The highest BCUT2D eigenvalue weighted by molar-refractivity contribution is 5.95. The maximum Gasteiger partial charge on any atom is 0.257 e. The summed E-state index contributed by atoms with van der Waals surface area (Å²) in [4.78, 5) is 19.6. The molecule has 27 heavy (non-hydrogen) atoms. The van der Waals surface area contributed by atoms with Gasteiger partial charge in [-0.2, -0.15) is 5.10 Å². The summed E-state index contributed by atoms with van der Waals surface area (Å²) in [6.07, 6.45) is 3.67. The number of aryl methyl sites for hydroxylation is 2. The van der Waals surface area contributed by atoms with Crippen LogP contribution in [0.2, 0.25) is 0 Å². The fraction of sp³-hybridized carbons (Fsp3) is 0.318. The molecule has 4 rings (SSSR count). The molecule has 0 aliphatic carbocycles. The second-order valence-electron chi connectivity index (χ2n) is 7.29. The van der Waals surface area contributed by atoms with Crippen LogP contribution in [0, 0.1) is 13.8 Å². The van der Waals surface area contributed by atoms with Gasteiger partial charge in [-0.3, -0.25) is 14.9 Å². The molecule has 3 heterocycles. The number of hydrogen-bond acceptors (Lipinski definition) is 3. The van der Waals surface area contributed by atoms with Crippen LogP contribution in [0.15, 0.2) is 48.7 Å². The van der Waals surface area contributed by atoms with E-state index in [1.165, 1.54) is 11.1 Å². The molecule has 0 spiro atoms. The Morgan fingerprint density at radius 2 is 1.96 bits per heavy atom. The number of hydrogen-bond donors (Lipinski definition) is 1. The third-order valence-corrected chi connectivity index (χ3v) is 5.27. The SMILES string of the molecule is Cc1cc(-c2ccccc2)cc([C@@H]2CCCN(C(=O)c3cn[nH]c3C)C2)n1. The van der Waals surface area contributed by atoms with E-state index in [1.807, 2.05) is 24.8 Å². The standard InChI is InChI=1S/C22H24N4O/c1-15-11-19(17-7-4-3-5-8-17)12-21(24-15)18-9-6-10-26(14-18)22(27)20-13-23-25-16(20)2/h3-5,7-8,11-13,18H,6,9-10,14H2,1-2H3,(H,23,25)/t18-/m1/s1. The molecule has 1 N–H and O–H groups in total. The molecular formula is C22H24N4O. The predicted octanol–water partition coefficient (Wildman–Crippen LogP) is 4.11. The van der Waals surface area contributed by atoms with E-state index in [0.717, 1.165) is 36.5 Å². The third-order valence-electron chi connectivity index (χ3n) is 5.27. The third kappa shape index (κ3) is 3.63. The number of nitrogens with one attached hydrogen (secondary N) is 1. The second-order valence-corrected chi connectivity index (χ2v) is 7.29. The van der Waals surface area contributed by atoms with Crippen molar-refractivity contribution in [3.05, 3.63) is 71.3 Å². The molecule has 5 nitrogen and oxygen atoms in total. The van der Waals surface area contributed by atoms with Gasteiger partial charge in [0.1, 0.15) is 0 Å². The largest absolute Gasteiger partial charge is 0.338 e. The van der Waals surface area contributed by atoms with Crippen LogP contribution >= 0.6 is 0 Å². The Bertz CT molecular complexity index is 948. The monoisotopic (exact) mass is 360 g/mol. The smallest absolute Gasteiger partial charge is 0.257 e. The molecule has 1 amide bonds. The summed E-state index contributed by atoms with van der Waals surface area (Å²) in [5.74, 6) is 0.319. The van der Waals surface area contributed by atoms with Crippen molar-refractivity contribution in [3.63, 3.8) is 0 Å². The van der Waals surface area contributed by atoms with E-state index in [2.05, 4.69) is 46.6 Å². The number of likely N-dealkylation sites (tertiary alicyclic amines) is 1. The lowest BCUT2D eigenvalue weighted by atomic mass is 9.92. The zero-order valence-electron chi connectivity index (χ0n) is 15.8. The van der Waals surface area contributed by atoms with Crippen molar-refractivity contribution in [3.8, 4) is 11.1 Å². The predicted molar refractivity (Wildman–Crippen MR) is 106 cm³/mol. The Hall–Kier alpha value is -2.95. The molecule has 0 saturated carbocycles. The molecule has 3 aromatic rings. The number of carbonyl (C=O) groups excluding carboxylic acids is 1. The Labute approximate surface area is 159 Å². The first-order valence-corrected chi connectivity index (χ1v) is 9.45. The summed E-state index contributed by atoms with van der Waals surface area (Å²) in [5.41, 5.74) is 5.96. The lowest BCUT2D eigenvalue weighted by Crippen LogP contribution is -2.39. The van der Waals surface area contributed by atoms with Crippen molar-refractivity contribution in [2.24, 2.45) is 0 Å². The van der Waals surface area contributed by atoms with Gasteiger partial charge in [-0.05, 0) is 49.9 Å². The lowest BCUT2D eigenvalue weighted by molar-refractivity contribution is 0.0705. The zero-order valence-corrected chi connectivity index (χ0v) is 15.8.